The summed E-state index contributed by atoms with van der Waals surface area (Å²) in [6, 6.07) is 4.07. The first-order valence-electron chi connectivity index (χ1n) is 5.82. The second-order valence-corrected chi connectivity index (χ2v) is 3.95. The van der Waals surface area contributed by atoms with Crippen LogP contribution in [0.1, 0.15) is 31.7 Å². The Balaban J connectivity index is 2.51. The van der Waals surface area contributed by atoms with Crippen molar-refractivity contribution >= 4 is 5.69 Å². The number of hydrogen-bond donors (Lipinski definition) is 2. The van der Waals surface area contributed by atoms with Gasteiger partial charge in [-0.2, -0.15) is 0 Å². The van der Waals surface area contributed by atoms with Gasteiger partial charge < -0.3 is 10.4 Å². The van der Waals surface area contributed by atoms with Crippen molar-refractivity contribution < 1.29 is 10.0 Å². The summed E-state index contributed by atoms with van der Waals surface area (Å²) in [4.78, 5) is 10.1. The van der Waals surface area contributed by atoms with Crippen LogP contribution < -0.4 is 5.32 Å². The highest BCUT2D eigenvalue weighted by Crippen LogP contribution is 2.22. The summed E-state index contributed by atoms with van der Waals surface area (Å²) >= 11 is 0. The lowest BCUT2D eigenvalue weighted by Crippen LogP contribution is -2.14. The number of hydrogen-bond acceptors (Lipinski definition) is 4. The Labute approximate surface area is 101 Å². The lowest BCUT2D eigenvalue weighted by Gasteiger charge is -2.06. The number of unbranched alkanes of at least 4 members (excludes halogenated alkanes) is 2. The van der Waals surface area contributed by atoms with Crippen molar-refractivity contribution in [3.8, 4) is 5.75 Å². The molecule has 0 spiro atoms. The van der Waals surface area contributed by atoms with Crippen molar-refractivity contribution in [3.63, 3.8) is 0 Å². The van der Waals surface area contributed by atoms with Crippen LogP contribution in [0, 0.1) is 10.1 Å². The molecule has 0 aliphatic heterocycles. The second kappa shape index (κ2) is 6.85. The van der Waals surface area contributed by atoms with Crippen LogP contribution >= 0.6 is 0 Å². The Kier molecular flexibility index (Phi) is 5.42. The van der Waals surface area contributed by atoms with Gasteiger partial charge >= 0.3 is 0 Å². The molecule has 2 N–H and O–H groups in total. The number of phenols is 1. The Bertz CT molecular complexity index is 380. The van der Waals surface area contributed by atoms with Crippen molar-refractivity contribution in [2.75, 3.05) is 6.54 Å². The van der Waals surface area contributed by atoms with Gasteiger partial charge in [-0.15, -0.1) is 0 Å². The molecule has 1 rings (SSSR count). The smallest absolute Gasteiger partial charge is 0.270 e. The fourth-order valence-electron chi connectivity index (χ4n) is 1.55. The van der Waals surface area contributed by atoms with E-state index in [1.807, 2.05) is 0 Å². The predicted octanol–water partition coefficient (Wildman–Crippen LogP) is 2.58. The first kappa shape index (κ1) is 13.4. The van der Waals surface area contributed by atoms with Crippen LogP contribution in [-0.2, 0) is 6.54 Å². The van der Waals surface area contributed by atoms with Crippen molar-refractivity contribution in [3.05, 3.63) is 33.9 Å². The maximum Gasteiger partial charge on any atom is 0.270 e. The predicted molar refractivity (Wildman–Crippen MR) is 66.0 cm³/mol. The summed E-state index contributed by atoms with van der Waals surface area (Å²) in [7, 11) is 0. The van der Waals surface area contributed by atoms with Gasteiger partial charge in [0.2, 0.25) is 0 Å². The first-order chi connectivity index (χ1) is 8.15. The third kappa shape index (κ3) is 4.40. The van der Waals surface area contributed by atoms with Gasteiger partial charge in [-0.25, -0.2) is 0 Å². The van der Waals surface area contributed by atoms with E-state index in [0.29, 0.717) is 12.1 Å². The van der Waals surface area contributed by atoms with E-state index in [2.05, 4.69) is 12.2 Å². The summed E-state index contributed by atoms with van der Waals surface area (Å²) in [5.74, 6) is 0.0959. The van der Waals surface area contributed by atoms with Crippen LogP contribution in [0.15, 0.2) is 18.2 Å². The summed E-state index contributed by atoms with van der Waals surface area (Å²) < 4.78 is 0. The standard InChI is InChI=1S/C12H18N2O3/c1-2-3-4-7-13-9-10-8-11(14(16)17)5-6-12(10)15/h5-6,8,13,15H,2-4,7,9H2,1H3. The number of benzene rings is 1. The van der Waals surface area contributed by atoms with E-state index in [1.165, 1.54) is 18.2 Å². The highest BCUT2D eigenvalue weighted by molar-refractivity contribution is 5.42. The molecule has 94 valence electrons. The van der Waals surface area contributed by atoms with Crippen LogP contribution in [0.3, 0.4) is 0 Å². The Morgan fingerprint density at radius 3 is 2.82 bits per heavy atom. The molecule has 0 atom stereocenters. The van der Waals surface area contributed by atoms with E-state index < -0.39 is 4.92 Å². The minimum atomic E-state index is -0.458. The molecular formula is C12H18N2O3. The molecule has 0 amide bonds. The highest BCUT2D eigenvalue weighted by atomic mass is 16.6. The minimum absolute atomic E-state index is 0.00755. The van der Waals surface area contributed by atoms with Crippen molar-refractivity contribution in [1.82, 2.24) is 5.32 Å². The number of non-ortho nitro benzene ring substituents is 1. The Morgan fingerprint density at radius 1 is 1.41 bits per heavy atom. The molecule has 0 unspecified atom stereocenters. The number of phenolic OH excluding ortho intramolecular Hbond substituents is 1. The zero-order valence-corrected chi connectivity index (χ0v) is 9.98. The molecule has 0 saturated heterocycles. The third-order valence-corrected chi connectivity index (χ3v) is 2.55. The molecule has 17 heavy (non-hydrogen) atoms. The number of nitro benzene ring substituents is 1. The zero-order chi connectivity index (χ0) is 12.7. The lowest BCUT2D eigenvalue weighted by molar-refractivity contribution is -0.384. The molecule has 0 radical (unpaired) electrons. The SMILES string of the molecule is CCCCCNCc1cc([N+](=O)[O-])ccc1O. The summed E-state index contributed by atoms with van der Waals surface area (Å²) in [5.41, 5.74) is 0.573. The van der Waals surface area contributed by atoms with Crippen LogP contribution in [0.5, 0.6) is 5.75 Å². The van der Waals surface area contributed by atoms with Gasteiger partial charge in [0, 0.05) is 24.2 Å². The van der Waals surface area contributed by atoms with Gasteiger partial charge in [-0.1, -0.05) is 19.8 Å². The zero-order valence-electron chi connectivity index (χ0n) is 9.98. The molecule has 0 aliphatic carbocycles. The van der Waals surface area contributed by atoms with E-state index in [4.69, 9.17) is 0 Å². The van der Waals surface area contributed by atoms with Crippen LogP contribution in [0.25, 0.3) is 0 Å². The number of nitro groups is 1. The molecule has 0 aliphatic rings. The topological polar surface area (TPSA) is 75.4 Å². The molecule has 0 aromatic heterocycles. The minimum Gasteiger partial charge on any atom is -0.508 e. The van der Waals surface area contributed by atoms with E-state index in [1.54, 1.807) is 0 Å². The third-order valence-electron chi connectivity index (χ3n) is 2.55. The maximum atomic E-state index is 10.6. The fraction of sp³-hybridized carbons (Fsp3) is 0.500. The van der Waals surface area contributed by atoms with Crippen molar-refractivity contribution in [2.24, 2.45) is 0 Å². The van der Waals surface area contributed by atoms with Gasteiger partial charge in [-0.3, -0.25) is 10.1 Å². The molecule has 5 nitrogen and oxygen atoms in total. The normalized spacial score (nSPS) is 10.4. The molecule has 1 aromatic rings. The van der Waals surface area contributed by atoms with Gasteiger partial charge in [0.25, 0.3) is 5.69 Å². The number of rotatable bonds is 7. The Morgan fingerprint density at radius 2 is 2.18 bits per heavy atom. The monoisotopic (exact) mass is 238 g/mol. The van der Waals surface area contributed by atoms with Crippen molar-refractivity contribution in [1.29, 1.82) is 0 Å². The highest BCUT2D eigenvalue weighted by Gasteiger charge is 2.09. The molecular weight excluding hydrogens is 220 g/mol. The van der Waals surface area contributed by atoms with E-state index in [9.17, 15) is 15.2 Å². The second-order valence-electron chi connectivity index (χ2n) is 3.95. The molecule has 0 saturated carbocycles. The molecule has 1 aromatic carbocycles. The van der Waals surface area contributed by atoms with Crippen LogP contribution in [-0.4, -0.2) is 16.6 Å². The Hall–Kier alpha value is -1.62. The van der Waals surface area contributed by atoms with Crippen molar-refractivity contribution in [2.45, 2.75) is 32.7 Å². The molecule has 0 heterocycles. The summed E-state index contributed by atoms with van der Waals surface area (Å²) in [6.07, 6.45) is 3.39. The van der Waals surface area contributed by atoms with Gasteiger partial charge in [-0.05, 0) is 19.0 Å². The average Bonchev–Trinajstić information content (AvgIpc) is 2.30. The lowest BCUT2D eigenvalue weighted by atomic mass is 10.1. The first-order valence-corrected chi connectivity index (χ1v) is 5.82. The quantitative estimate of drug-likeness (QED) is 0.435. The van der Waals surface area contributed by atoms with Gasteiger partial charge in [0.05, 0.1) is 4.92 Å². The van der Waals surface area contributed by atoms with E-state index in [-0.39, 0.29) is 11.4 Å². The van der Waals surface area contributed by atoms with Crippen LogP contribution in [0.2, 0.25) is 0 Å². The van der Waals surface area contributed by atoms with E-state index in [0.717, 1.165) is 25.8 Å². The van der Waals surface area contributed by atoms with Gasteiger partial charge in [0.1, 0.15) is 5.75 Å². The number of nitrogens with one attached hydrogen (secondary N) is 1. The van der Waals surface area contributed by atoms with E-state index >= 15 is 0 Å². The molecule has 5 heteroatoms. The summed E-state index contributed by atoms with van der Waals surface area (Å²) in [6.45, 7) is 3.44. The fourth-order valence-corrected chi connectivity index (χ4v) is 1.55. The number of aromatic hydroxyl groups is 1. The maximum absolute atomic E-state index is 10.6. The van der Waals surface area contributed by atoms with Crippen LogP contribution in [0.4, 0.5) is 5.69 Å². The summed E-state index contributed by atoms with van der Waals surface area (Å²) in [5, 5.41) is 23.3. The molecule has 0 fully saturated rings. The molecule has 0 bridgehead atoms. The number of nitrogens with zero attached hydrogens (tertiary/aromatic N) is 1. The largest absolute Gasteiger partial charge is 0.508 e. The average molecular weight is 238 g/mol. The van der Waals surface area contributed by atoms with Gasteiger partial charge in [0.15, 0.2) is 0 Å².